The van der Waals surface area contributed by atoms with Gasteiger partial charge in [0.05, 0.1) is 10.9 Å². The first kappa shape index (κ1) is 35.1. The van der Waals surface area contributed by atoms with Gasteiger partial charge in [-0.3, -0.25) is 14.5 Å². The van der Waals surface area contributed by atoms with Crippen LogP contribution in [0.25, 0.3) is 0 Å². The van der Waals surface area contributed by atoms with Gasteiger partial charge in [-0.1, -0.05) is 57.5 Å². The predicted molar refractivity (Wildman–Crippen MR) is 204 cm³/mol. The van der Waals surface area contributed by atoms with E-state index in [0.717, 1.165) is 55.8 Å². The largest absolute Gasteiger partial charge is 0.366 e. The number of carbonyl (C=O) groups is 3. The molecule has 3 saturated heterocycles. The molecular weight excluding hydrogens is 652 g/mol. The van der Waals surface area contributed by atoms with E-state index in [-0.39, 0.29) is 51.2 Å². The fourth-order valence-corrected chi connectivity index (χ4v) is 9.72. The zero-order valence-corrected chi connectivity index (χ0v) is 30.7. The minimum atomic E-state index is -0.522. The maximum absolute atomic E-state index is 15.8. The minimum absolute atomic E-state index is 0. The summed E-state index contributed by atoms with van der Waals surface area (Å²) in [5.41, 5.74) is 3.48. The van der Waals surface area contributed by atoms with Crippen molar-refractivity contribution in [1.29, 1.82) is 0 Å². The van der Waals surface area contributed by atoms with Gasteiger partial charge in [-0.15, -0.1) is 11.8 Å². The first-order valence-electron chi connectivity index (χ1n) is 18.7. The number of likely N-dealkylation sites (tertiary alicyclic amines) is 1. The molecule has 4 aliphatic heterocycles. The van der Waals surface area contributed by atoms with Gasteiger partial charge >= 0.3 is 6.03 Å². The molecule has 2 atom stereocenters. The van der Waals surface area contributed by atoms with Crippen LogP contribution >= 0.6 is 11.8 Å². The van der Waals surface area contributed by atoms with Crippen LogP contribution in [0.3, 0.4) is 0 Å². The molecule has 0 aromatic heterocycles. The SMILES string of the molecule is CC(C)(C)CCN1C(=O)[C@H](CC(=O)N2CCC(N3CCc4ccccc4NC3=O)CC2)SC1c1cccc(F)c1N1CCN(C2CCC2)CC1.[HH].[HH].[HH]. The highest BCUT2D eigenvalue weighted by Gasteiger charge is 2.45. The number of anilines is 2. The van der Waals surface area contributed by atoms with Crippen molar-refractivity contribution in [1.82, 2.24) is 19.6 Å². The summed E-state index contributed by atoms with van der Waals surface area (Å²) in [7, 11) is 0. The van der Waals surface area contributed by atoms with Crippen LogP contribution in [0.2, 0.25) is 0 Å². The molecule has 4 heterocycles. The van der Waals surface area contributed by atoms with Gasteiger partial charge in [0.1, 0.15) is 11.2 Å². The van der Waals surface area contributed by atoms with Crippen molar-refractivity contribution < 1.29 is 23.1 Å². The molecule has 1 saturated carbocycles. The summed E-state index contributed by atoms with van der Waals surface area (Å²) in [5.74, 6) is -0.295. The Balaban J connectivity index is 0.00000209. The molecule has 4 amide bonds. The molecule has 2 aromatic rings. The number of urea groups is 1. The van der Waals surface area contributed by atoms with Crippen molar-refractivity contribution in [2.45, 2.75) is 94.8 Å². The molecule has 1 unspecified atom stereocenters. The van der Waals surface area contributed by atoms with E-state index >= 15 is 4.39 Å². The predicted octanol–water partition coefficient (Wildman–Crippen LogP) is 7.09. The molecule has 0 spiro atoms. The number of amides is 4. The Morgan fingerprint density at radius 2 is 1.66 bits per heavy atom. The van der Waals surface area contributed by atoms with Crippen LogP contribution in [0.5, 0.6) is 0 Å². The number of piperidine rings is 1. The monoisotopic (exact) mass is 710 g/mol. The number of piperazine rings is 1. The molecule has 4 fully saturated rings. The Bertz CT molecular complexity index is 1580. The summed E-state index contributed by atoms with van der Waals surface area (Å²) in [6, 6.07) is 13.9. The summed E-state index contributed by atoms with van der Waals surface area (Å²) >= 11 is 1.51. The maximum atomic E-state index is 15.8. The van der Waals surface area contributed by atoms with E-state index in [2.05, 4.69) is 42.0 Å². The van der Waals surface area contributed by atoms with Crippen LogP contribution in [0, 0.1) is 11.2 Å². The highest BCUT2D eigenvalue weighted by Crippen LogP contribution is 2.48. The Kier molecular flexibility index (Phi) is 10.3. The van der Waals surface area contributed by atoms with Crippen molar-refractivity contribution in [3.63, 3.8) is 0 Å². The first-order chi connectivity index (χ1) is 24.1. The number of para-hydroxylation sites is 2. The Morgan fingerprint density at radius 1 is 0.920 bits per heavy atom. The third kappa shape index (κ3) is 7.49. The number of hydrogen-bond donors (Lipinski definition) is 1. The fraction of sp³-hybridized carbons (Fsp3) is 0.615. The molecule has 276 valence electrons. The van der Waals surface area contributed by atoms with Crippen molar-refractivity contribution in [2.75, 3.05) is 62.6 Å². The fourth-order valence-electron chi connectivity index (χ4n) is 8.23. The van der Waals surface area contributed by atoms with E-state index in [4.69, 9.17) is 0 Å². The first-order valence-corrected chi connectivity index (χ1v) is 19.7. The maximum Gasteiger partial charge on any atom is 0.322 e. The molecule has 0 radical (unpaired) electrons. The second kappa shape index (κ2) is 14.7. The zero-order chi connectivity index (χ0) is 35.0. The van der Waals surface area contributed by atoms with E-state index in [9.17, 15) is 14.4 Å². The van der Waals surface area contributed by atoms with Gasteiger partial charge in [-0.05, 0) is 61.6 Å². The average Bonchev–Trinajstić information content (AvgIpc) is 3.26. The molecule has 5 aliphatic rings. The number of halogens is 1. The number of carbonyl (C=O) groups excluding carboxylic acids is 3. The topological polar surface area (TPSA) is 79.4 Å². The third-order valence-electron chi connectivity index (χ3n) is 11.5. The molecule has 11 heteroatoms. The molecule has 9 nitrogen and oxygen atoms in total. The van der Waals surface area contributed by atoms with E-state index < -0.39 is 5.25 Å². The van der Waals surface area contributed by atoms with Crippen LogP contribution < -0.4 is 10.2 Å². The van der Waals surface area contributed by atoms with E-state index in [1.165, 1.54) is 37.1 Å². The summed E-state index contributed by atoms with van der Waals surface area (Å²) in [6.07, 6.45) is 6.98. The summed E-state index contributed by atoms with van der Waals surface area (Å²) in [5, 5.41) is 2.20. The number of thioether (sulfide) groups is 1. The van der Waals surface area contributed by atoms with Gasteiger partial charge in [0, 0.05) is 86.4 Å². The van der Waals surface area contributed by atoms with E-state index in [0.29, 0.717) is 50.7 Å². The van der Waals surface area contributed by atoms with E-state index in [1.54, 1.807) is 6.07 Å². The normalized spacial score (nSPS) is 24.2. The molecule has 1 N–H and O–H groups in total. The van der Waals surface area contributed by atoms with Crippen molar-refractivity contribution in [3.8, 4) is 0 Å². The number of hydrogen-bond acceptors (Lipinski definition) is 6. The van der Waals surface area contributed by atoms with Crippen LogP contribution in [0.1, 0.15) is 86.5 Å². The highest BCUT2D eigenvalue weighted by molar-refractivity contribution is 8.01. The minimum Gasteiger partial charge on any atom is -0.366 e. The lowest BCUT2D eigenvalue weighted by Crippen LogP contribution is -2.52. The van der Waals surface area contributed by atoms with Gasteiger partial charge in [0.2, 0.25) is 11.8 Å². The van der Waals surface area contributed by atoms with Crippen molar-refractivity contribution in [2.24, 2.45) is 5.41 Å². The number of rotatable bonds is 8. The molecule has 0 bridgehead atoms. The van der Waals surface area contributed by atoms with Gasteiger partial charge in [-0.2, -0.15) is 0 Å². The van der Waals surface area contributed by atoms with Crippen LogP contribution in [-0.2, 0) is 16.0 Å². The molecule has 2 aromatic carbocycles. The second-order valence-corrected chi connectivity index (χ2v) is 17.2. The molecule has 1 aliphatic carbocycles. The molecular formula is C39H59FN6O3S. The quantitative estimate of drug-likeness (QED) is 0.316. The van der Waals surface area contributed by atoms with Crippen molar-refractivity contribution in [3.05, 3.63) is 59.4 Å². The third-order valence-corrected chi connectivity index (χ3v) is 13.0. The average molecular weight is 711 g/mol. The van der Waals surface area contributed by atoms with Gasteiger partial charge in [0.15, 0.2) is 0 Å². The van der Waals surface area contributed by atoms with Gasteiger partial charge in [0.25, 0.3) is 0 Å². The Labute approximate surface area is 305 Å². The lowest BCUT2D eigenvalue weighted by Gasteiger charge is -2.44. The Hall–Kier alpha value is -3.31. The summed E-state index contributed by atoms with van der Waals surface area (Å²) in [4.78, 5) is 51.5. The summed E-state index contributed by atoms with van der Waals surface area (Å²) in [6.45, 7) is 12.2. The standard InChI is InChI=1S/C39H53FN6O3S.3H2/c1-39(2,3)17-21-46-36(48)33(50-37(46)30-11-7-12-31(40)35(30)44-24-22-42(23-25-44)28-9-6-10-28)26-34(47)43-18-15-29(16-19-43)45-20-14-27-8-4-5-13-32(27)41-38(45)49;;;/h4-5,7-8,11-13,28-29,33,37H,6,9-10,14-26H2,1-3H3,(H,41,49);3*1H/t33-,37?;;;/m0.../s1. The number of nitrogens with one attached hydrogen (secondary N) is 1. The number of benzene rings is 2. The molecule has 50 heavy (non-hydrogen) atoms. The second-order valence-electron chi connectivity index (χ2n) is 16.0. The lowest BCUT2D eigenvalue weighted by atomic mass is 9.91. The smallest absolute Gasteiger partial charge is 0.322 e. The Morgan fingerprint density at radius 3 is 2.36 bits per heavy atom. The number of fused-ring (bicyclic) bond motifs is 1. The lowest BCUT2D eigenvalue weighted by molar-refractivity contribution is -0.137. The number of nitrogens with zero attached hydrogens (tertiary/aromatic N) is 5. The molecule has 7 rings (SSSR count). The highest BCUT2D eigenvalue weighted by atomic mass is 32.2. The van der Waals surface area contributed by atoms with Crippen LogP contribution in [-0.4, -0.2) is 107 Å². The van der Waals surface area contributed by atoms with Crippen LogP contribution in [0.4, 0.5) is 20.6 Å². The zero-order valence-electron chi connectivity index (χ0n) is 29.9. The van der Waals surface area contributed by atoms with Crippen molar-refractivity contribution >= 4 is 41.0 Å². The van der Waals surface area contributed by atoms with Gasteiger partial charge in [-0.25, -0.2) is 9.18 Å². The van der Waals surface area contributed by atoms with Gasteiger partial charge < -0.3 is 24.9 Å². The van der Waals surface area contributed by atoms with Crippen LogP contribution in [0.15, 0.2) is 42.5 Å². The summed E-state index contributed by atoms with van der Waals surface area (Å²) < 4.78 is 15.8. The van der Waals surface area contributed by atoms with E-state index in [1.807, 2.05) is 39.0 Å².